The second-order valence-electron chi connectivity index (χ2n) is 7.13. The molecule has 27 heavy (non-hydrogen) atoms. The maximum absolute atomic E-state index is 12.9. The number of piperidine rings is 1. The molecule has 0 aromatic carbocycles. The minimum absolute atomic E-state index is 0.171. The quantitative estimate of drug-likeness (QED) is 0.864. The summed E-state index contributed by atoms with van der Waals surface area (Å²) in [6.07, 6.45) is 3.86. The molecule has 0 spiro atoms. The van der Waals surface area contributed by atoms with Crippen molar-refractivity contribution in [2.75, 3.05) is 44.2 Å². The van der Waals surface area contributed by atoms with Crippen LogP contribution in [-0.2, 0) is 0 Å². The molecule has 2 aliphatic heterocycles. The molecular weight excluding hydrogens is 364 g/mol. The van der Waals surface area contributed by atoms with Crippen LogP contribution in [0.25, 0.3) is 0 Å². The third kappa shape index (κ3) is 3.77. The molecule has 144 valence electrons. The topological polar surface area (TPSA) is 78.7 Å². The maximum atomic E-state index is 12.9. The van der Waals surface area contributed by atoms with Crippen molar-refractivity contribution in [3.63, 3.8) is 0 Å². The van der Waals surface area contributed by atoms with Crippen LogP contribution in [-0.4, -0.2) is 55.1 Å². The summed E-state index contributed by atoms with van der Waals surface area (Å²) in [4.78, 5) is 33.8. The Kier molecular flexibility index (Phi) is 5.27. The maximum Gasteiger partial charge on any atom is 0.349 e. The number of carbonyl (C=O) groups excluding carboxylic acids is 1. The Morgan fingerprint density at radius 1 is 1.33 bits per heavy atom. The van der Waals surface area contributed by atoms with Gasteiger partial charge >= 0.3 is 5.63 Å². The highest BCUT2D eigenvalue weighted by Crippen LogP contribution is 2.24. The average molecular weight is 388 g/mol. The van der Waals surface area contributed by atoms with Crippen molar-refractivity contribution in [2.45, 2.75) is 25.7 Å². The van der Waals surface area contributed by atoms with Gasteiger partial charge in [-0.25, -0.2) is 9.78 Å². The van der Waals surface area contributed by atoms with Gasteiger partial charge < -0.3 is 19.5 Å². The SMILES string of the molecule is Cc1cc(C2CCCNC2)oc(=O)c1C(=O)N1CCN(c2nccs2)CC1. The van der Waals surface area contributed by atoms with Crippen LogP contribution >= 0.6 is 11.3 Å². The van der Waals surface area contributed by atoms with Gasteiger partial charge in [0, 0.05) is 50.2 Å². The van der Waals surface area contributed by atoms with Gasteiger partial charge in [0.25, 0.3) is 5.91 Å². The fraction of sp³-hybridized carbons (Fsp3) is 0.526. The molecular formula is C19H24N4O3S. The van der Waals surface area contributed by atoms with Crippen molar-refractivity contribution in [3.05, 3.63) is 45.0 Å². The number of hydrogen-bond acceptors (Lipinski definition) is 7. The van der Waals surface area contributed by atoms with Crippen LogP contribution in [0.2, 0.25) is 0 Å². The lowest BCUT2D eigenvalue weighted by Gasteiger charge is -2.34. The van der Waals surface area contributed by atoms with E-state index in [1.165, 1.54) is 0 Å². The highest BCUT2D eigenvalue weighted by Gasteiger charge is 2.28. The summed E-state index contributed by atoms with van der Waals surface area (Å²) in [5.74, 6) is 0.666. The first kappa shape index (κ1) is 18.2. The van der Waals surface area contributed by atoms with Crippen molar-refractivity contribution in [3.8, 4) is 0 Å². The predicted molar refractivity (Wildman–Crippen MR) is 105 cm³/mol. The first-order chi connectivity index (χ1) is 13.1. The van der Waals surface area contributed by atoms with Crippen molar-refractivity contribution in [2.24, 2.45) is 0 Å². The number of piperazine rings is 1. The van der Waals surface area contributed by atoms with E-state index in [1.807, 2.05) is 18.4 Å². The van der Waals surface area contributed by atoms with Gasteiger partial charge in [-0.05, 0) is 37.9 Å². The van der Waals surface area contributed by atoms with Crippen LogP contribution in [0.3, 0.4) is 0 Å². The van der Waals surface area contributed by atoms with Crippen molar-refractivity contribution < 1.29 is 9.21 Å². The van der Waals surface area contributed by atoms with E-state index in [-0.39, 0.29) is 17.4 Å². The number of aromatic nitrogens is 1. The van der Waals surface area contributed by atoms with Crippen LogP contribution < -0.4 is 15.8 Å². The number of carbonyl (C=O) groups is 1. The summed E-state index contributed by atoms with van der Waals surface area (Å²) < 4.78 is 5.56. The Morgan fingerprint density at radius 3 is 2.78 bits per heavy atom. The Bertz CT molecular complexity index is 850. The Hall–Kier alpha value is -2.19. The number of nitrogens with one attached hydrogen (secondary N) is 1. The minimum Gasteiger partial charge on any atom is -0.427 e. The van der Waals surface area contributed by atoms with E-state index >= 15 is 0 Å². The molecule has 1 amide bonds. The standard InChI is InChI=1S/C19H24N4O3S/c1-13-11-15(14-3-2-4-20-12-14)26-18(25)16(13)17(24)22-6-8-23(9-7-22)19-21-5-10-27-19/h5,10-11,14,20H,2-4,6-9,12H2,1H3. The van der Waals surface area contributed by atoms with E-state index in [4.69, 9.17) is 4.42 Å². The normalized spacial score (nSPS) is 20.7. The molecule has 1 atom stereocenters. The van der Waals surface area contributed by atoms with Gasteiger partial charge in [-0.15, -0.1) is 11.3 Å². The van der Waals surface area contributed by atoms with Gasteiger partial charge in [0.05, 0.1) is 0 Å². The minimum atomic E-state index is -0.511. The lowest BCUT2D eigenvalue weighted by Crippen LogP contribution is -2.49. The zero-order valence-electron chi connectivity index (χ0n) is 15.4. The average Bonchev–Trinajstić information content (AvgIpc) is 3.23. The number of hydrogen-bond donors (Lipinski definition) is 1. The second kappa shape index (κ2) is 7.82. The molecule has 4 rings (SSSR count). The van der Waals surface area contributed by atoms with Crippen LogP contribution in [0.5, 0.6) is 0 Å². The molecule has 0 aliphatic carbocycles. The Balaban J connectivity index is 1.48. The van der Waals surface area contributed by atoms with E-state index in [2.05, 4.69) is 15.2 Å². The lowest BCUT2D eigenvalue weighted by molar-refractivity contribution is 0.0740. The molecule has 2 aromatic heterocycles. The molecule has 1 unspecified atom stereocenters. The van der Waals surface area contributed by atoms with Crippen LogP contribution in [0, 0.1) is 6.92 Å². The second-order valence-corrected chi connectivity index (χ2v) is 8.00. The van der Waals surface area contributed by atoms with Crippen molar-refractivity contribution in [1.82, 2.24) is 15.2 Å². The molecule has 2 aromatic rings. The number of rotatable bonds is 3. The van der Waals surface area contributed by atoms with Crippen molar-refractivity contribution >= 4 is 22.4 Å². The lowest BCUT2D eigenvalue weighted by atomic mass is 9.95. The van der Waals surface area contributed by atoms with Gasteiger partial charge in [0.2, 0.25) is 0 Å². The summed E-state index contributed by atoms with van der Waals surface area (Å²) in [5.41, 5.74) is 0.368. The summed E-state index contributed by atoms with van der Waals surface area (Å²) in [6, 6.07) is 1.87. The summed E-state index contributed by atoms with van der Waals surface area (Å²) in [5, 5.41) is 6.26. The summed E-state index contributed by atoms with van der Waals surface area (Å²) in [7, 11) is 0. The molecule has 0 bridgehead atoms. The van der Waals surface area contributed by atoms with Crippen LogP contribution in [0.1, 0.15) is 40.4 Å². The monoisotopic (exact) mass is 388 g/mol. The molecule has 0 radical (unpaired) electrons. The van der Waals surface area contributed by atoms with Gasteiger partial charge in [-0.1, -0.05) is 0 Å². The molecule has 0 saturated carbocycles. The van der Waals surface area contributed by atoms with Gasteiger partial charge in [0.1, 0.15) is 11.3 Å². The molecule has 4 heterocycles. The zero-order chi connectivity index (χ0) is 18.8. The molecule has 1 N–H and O–H groups in total. The fourth-order valence-electron chi connectivity index (χ4n) is 3.82. The van der Waals surface area contributed by atoms with Gasteiger partial charge in [0.15, 0.2) is 5.13 Å². The number of nitrogens with zero attached hydrogens (tertiary/aromatic N) is 3. The van der Waals surface area contributed by atoms with Crippen LogP contribution in [0.15, 0.2) is 26.9 Å². The predicted octanol–water partition coefficient (Wildman–Crippen LogP) is 1.83. The molecule has 2 fully saturated rings. The third-order valence-electron chi connectivity index (χ3n) is 5.34. The highest BCUT2D eigenvalue weighted by atomic mass is 32.1. The van der Waals surface area contributed by atoms with Gasteiger partial charge in [-0.3, -0.25) is 4.79 Å². The van der Waals surface area contributed by atoms with E-state index < -0.39 is 5.63 Å². The summed E-state index contributed by atoms with van der Waals surface area (Å²) >= 11 is 1.60. The third-order valence-corrected chi connectivity index (χ3v) is 6.17. The number of thiazole rings is 1. The smallest absolute Gasteiger partial charge is 0.349 e. The molecule has 2 aliphatic rings. The van der Waals surface area contributed by atoms with Crippen molar-refractivity contribution in [1.29, 1.82) is 0 Å². The first-order valence-corrected chi connectivity index (χ1v) is 10.3. The van der Waals surface area contributed by atoms with E-state index in [0.29, 0.717) is 24.4 Å². The largest absolute Gasteiger partial charge is 0.427 e. The Labute approximate surface area is 162 Å². The summed E-state index contributed by atoms with van der Waals surface area (Å²) in [6.45, 7) is 6.23. The fourth-order valence-corrected chi connectivity index (χ4v) is 4.51. The van der Waals surface area contributed by atoms with E-state index in [0.717, 1.165) is 44.2 Å². The van der Waals surface area contributed by atoms with E-state index in [1.54, 1.807) is 22.4 Å². The zero-order valence-corrected chi connectivity index (χ0v) is 16.3. The van der Waals surface area contributed by atoms with Crippen LogP contribution in [0.4, 0.5) is 5.13 Å². The first-order valence-electron chi connectivity index (χ1n) is 9.42. The molecule has 8 heteroatoms. The van der Waals surface area contributed by atoms with Gasteiger partial charge in [-0.2, -0.15) is 0 Å². The highest BCUT2D eigenvalue weighted by molar-refractivity contribution is 7.13. The van der Waals surface area contributed by atoms with E-state index in [9.17, 15) is 9.59 Å². The number of aryl methyl sites for hydroxylation is 1. The number of amides is 1. The molecule has 7 nitrogen and oxygen atoms in total. The molecule has 2 saturated heterocycles. The Morgan fingerprint density at radius 2 is 2.15 bits per heavy atom. The number of anilines is 1.